The van der Waals surface area contributed by atoms with Crippen LogP contribution in [0.4, 0.5) is 0 Å². The number of alkyl halides is 1. The van der Waals surface area contributed by atoms with Crippen LogP contribution in [0.3, 0.4) is 0 Å². The lowest BCUT2D eigenvalue weighted by molar-refractivity contribution is 0.421. The number of hydrogen-bond donors (Lipinski definition) is 0. The molecule has 0 fully saturated rings. The molecule has 0 saturated carbocycles. The molecule has 1 unspecified atom stereocenters. The molecule has 2 rings (SSSR count). The maximum Gasteiger partial charge on any atom is 0.278 e. The van der Waals surface area contributed by atoms with Gasteiger partial charge in [0.15, 0.2) is 5.82 Å². The van der Waals surface area contributed by atoms with Crippen LogP contribution in [-0.2, 0) is 7.05 Å². The summed E-state index contributed by atoms with van der Waals surface area (Å²) in [7, 11) is 1.87. The summed E-state index contributed by atoms with van der Waals surface area (Å²) in [4.78, 5) is 8.19. The molecule has 0 aromatic carbocycles. The smallest absolute Gasteiger partial charge is 0.278 e. The van der Waals surface area contributed by atoms with Crippen molar-refractivity contribution < 1.29 is 4.52 Å². The highest BCUT2D eigenvalue weighted by Crippen LogP contribution is 2.20. The molecule has 2 heterocycles. The van der Waals surface area contributed by atoms with Gasteiger partial charge in [-0.05, 0) is 6.92 Å². The Labute approximate surface area is 85.7 Å². The Bertz CT molecular complexity index is 434. The van der Waals surface area contributed by atoms with E-state index in [1.165, 1.54) is 0 Å². The predicted molar refractivity (Wildman–Crippen MR) is 50.8 cm³/mol. The SMILES string of the molecule is CC(Cl)c1noc(-c2cn(C)cn2)n1. The molecule has 0 N–H and O–H groups in total. The largest absolute Gasteiger partial charge is 0.340 e. The Balaban J connectivity index is 2.33. The monoisotopic (exact) mass is 212 g/mol. The van der Waals surface area contributed by atoms with Crippen LogP contribution < -0.4 is 0 Å². The van der Waals surface area contributed by atoms with E-state index in [0.29, 0.717) is 17.4 Å². The zero-order valence-corrected chi connectivity index (χ0v) is 8.56. The van der Waals surface area contributed by atoms with Gasteiger partial charge in [-0.3, -0.25) is 0 Å². The third-order valence-electron chi connectivity index (χ3n) is 1.72. The first-order chi connectivity index (χ1) is 6.66. The average molecular weight is 213 g/mol. The molecule has 0 aliphatic carbocycles. The van der Waals surface area contributed by atoms with Gasteiger partial charge in [-0.2, -0.15) is 4.98 Å². The van der Waals surface area contributed by atoms with E-state index in [0.717, 1.165) is 0 Å². The molecule has 6 heteroatoms. The molecular formula is C8H9ClN4O. The van der Waals surface area contributed by atoms with Crippen molar-refractivity contribution in [2.24, 2.45) is 7.05 Å². The lowest BCUT2D eigenvalue weighted by atomic mass is 10.4. The van der Waals surface area contributed by atoms with Crippen molar-refractivity contribution in [3.05, 3.63) is 18.3 Å². The molecule has 0 aliphatic rings. The second-order valence-electron chi connectivity index (χ2n) is 3.00. The topological polar surface area (TPSA) is 56.7 Å². The number of hydrogen-bond acceptors (Lipinski definition) is 4. The van der Waals surface area contributed by atoms with Crippen molar-refractivity contribution in [1.29, 1.82) is 0 Å². The number of imidazole rings is 1. The van der Waals surface area contributed by atoms with Crippen molar-refractivity contribution in [2.45, 2.75) is 12.3 Å². The molecule has 0 bridgehead atoms. The van der Waals surface area contributed by atoms with E-state index in [1.54, 1.807) is 19.4 Å². The summed E-state index contributed by atoms with van der Waals surface area (Å²) < 4.78 is 6.81. The van der Waals surface area contributed by atoms with Crippen LogP contribution in [0.5, 0.6) is 0 Å². The molecule has 2 aromatic rings. The predicted octanol–water partition coefficient (Wildman–Crippen LogP) is 1.77. The van der Waals surface area contributed by atoms with Crippen molar-refractivity contribution in [3.63, 3.8) is 0 Å². The highest BCUT2D eigenvalue weighted by Gasteiger charge is 2.13. The van der Waals surface area contributed by atoms with E-state index >= 15 is 0 Å². The van der Waals surface area contributed by atoms with Crippen LogP contribution in [0.15, 0.2) is 17.0 Å². The summed E-state index contributed by atoms with van der Waals surface area (Å²) >= 11 is 5.80. The van der Waals surface area contributed by atoms with E-state index < -0.39 is 0 Å². The van der Waals surface area contributed by atoms with Gasteiger partial charge in [-0.25, -0.2) is 4.98 Å². The van der Waals surface area contributed by atoms with Gasteiger partial charge >= 0.3 is 0 Å². The minimum atomic E-state index is -0.254. The number of aryl methyl sites for hydroxylation is 1. The van der Waals surface area contributed by atoms with E-state index in [4.69, 9.17) is 16.1 Å². The summed E-state index contributed by atoms with van der Waals surface area (Å²) in [6, 6.07) is 0. The normalized spacial score (nSPS) is 13.1. The molecule has 14 heavy (non-hydrogen) atoms. The zero-order chi connectivity index (χ0) is 10.1. The van der Waals surface area contributed by atoms with E-state index in [-0.39, 0.29) is 5.38 Å². The molecule has 0 amide bonds. The minimum Gasteiger partial charge on any atom is -0.340 e. The molecule has 0 spiro atoms. The van der Waals surface area contributed by atoms with Crippen molar-refractivity contribution in [2.75, 3.05) is 0 Å². The van der Waals surface area contributed by atoms with Crippen molar-refractivity contribution in [1.82, 2.24) is 19.7 Å². The van der Waals surface area contributed by atoms with Gasteiger partial charge in [-0.15, -0.1) is 11.6 Å². The van der Waals surface area contributed by atoms with Gasteiger partial charge in [0.2, 0.25) is 0 Å². The third-order valence-corrected chi connectivity index (χ3v) is 1.92. The zero-order valence-electron chi connectivity index (χ0n) is 7.81. The summed E-state index contributed by atoms with van der Waals surface area (Å²) in [5.41, 5.74) is 0.656. The summed E-state index contributed by atoms with van der Waals surface area (Å²) in [5, 5.41) is 3.48. The first-order valence-corrected chi connectivity index (χ1v) is 4.56. The maximum absolute atomic E-state index is 5.80. The highest BCUT2D eigenvalue weighted by molar-refractivity contribution is 6.20. The van der Waals surface area contributed by atoms with E-state index in [2.05, 4.69) is 15.1 Å². The van der Waals surface area contributed by atoms with Gasteiger partial charge in [0, 0.05) is 13.2 Å². The molecule has 0 aliphatic heterocycles. The lowest BCUT2D eigenvalue weighted by Gasteiger charge is -1.89. The molecule has 74 valence electrons. The van der Waals surface area contributed by atoms with Crippen molar-refractivity contribution >= 4 is 11.6 Å². The Hall–Kier alpha value is -1.36. The maximum atomic E-state index is 5.80. The van der Waals surface area contributed by atoms with Gasteiger partial charge in [0.05, 0.1) is 11.7 Å². The number of rotatable bonds is 2. The molecule has 2 aromatic heterocycles. The average Bonchev–Trinajstić information content (AvgIpc) is 2.70. The fourth-order valence-corrected chi connectivity index (χ4v) is 1.11. The molecule has 5 nitrogen and oxygen atoms in total. The minimum absolute atomic E-state index is 0.254. The van der Waals surface area contributed by atoms with E-state index in [9.17, 15) is 0 Å². The van der Waals surface area contributed by atoms with Crippen LogP contribution in [0.1, 0.15) is 18.1 Å². The second-order valence-corrected chi connectivity index (χ2v) is 3.65. The number of aromatic nitrogens is 4. The number of halogens is 1. The van der Waals surface area contributed by atoms with Gasteiger partial charge in [0.25, 0.3) is 5.89 Å². The Morgan fingerprint density at radius 3 is 2.86 bits per heavy atom. The van der Waals surface area contributed by atoms with Crippen LogP contribution in [0.25, 0.3) is 11.6 Å². The Kier molecular flexibility index (Phi) is 2.25. The van der Waals surface area contributed by atoms with Crippen LogP contribution in [0.2, 0.25) is 0 Å². The van der Waals surface area contributed by atoms with Gasteiger partial charge in [0.1, 0.15) is 5.69 Å². The second kappa shape index (κ2) is 3.42. The standard InChI is InChI=1S/C8H9ClN4O/c1-5(9)7-11-8(14-12-7)6-3-13(2)4-10-6/h3-5H,1-2H3. The first-order valence-electron chi connectivity index (χ1n) is 4.13. The summed E-state index contributed by atoms with van der Waals surface area (Å²) in [5.74, 6) is 0.875. The third kappa shape index (κ3) is 1.63. The van der Waals surface area contributed by atoms with Crippen LogP contribution in [0, 0.1) is 0 Å². The lowest BCUT2D eigenvalue weighted by Crippen LogP contribution is -1.86. The first kappa shape index (κ1) is 9.21. The molecule has 1 atom stereocenters. The van der Waals surface area contributed by atoms with Crippen LogP contribution >= 0.6 is 11.6 Å². The van der Waals surface area contributed by atoms with E-state index in [1.807, 2.05) is 11.6 Å². The molecule has 0 saturated heterocycles. The Morgan fingerprint density at radius 2 is 2.36 bits per heavy atom. The van der Waals surface area contributed by atoms with Gasteiger partial charge in [-0.1, -0.05) is 5.16 Å². The molecule has 0 radical (unpaired) electrons. The fraction of sp³-hybridized carbons (Fsp3) is 0.375. The quantitative estimate of drug-likeness (QED) is 0.712. The van der Waals surface area contributed by atoms with Crippen LogP contribution in [-0.4, -0.2) is 19.7 Å². The number of nitrogens with zero attached hydrogens (tertiary/aromatic N) is 4. The fourth-order valence-electron chi connectivity index (χ4n) is 1.02. The highest BCUT2D eigenvalue weighted by atomic mass is 35.5. The van der Waals surface area contributed by atoms with Crippen molar-refractivity contribution in [3.8, 4) is 11.6 Å². The van der Waals surface area contributed by atoms with Gasteiger partial charge < -0.3 is 9.09 Å². The molecular weight excluding hydrogens is 204 g/mol. The Morgan fingerprint density at radius 1 is 1.57 bits per heavy atom. The summed E-state index contributed by atoms with van der Waals surface area (Å²) in [6.07, 6.45) is 3.47. The summed E-state index contributed by atoms with van der Waals surface area (Å²) in [6.45, 7) is 1.79.